The largest absolute Gasteiger partial charge is 0.462 e. The van der Waals surface area contributed by atoms with Crippen molar-refractivity contribution in [2.45, 2.75) is 18.5 Å². The third-order valence-corrected chi connectivity index (χ3v) is 7.16. The zero-order valence-electron chi connectivity index (χ0n) is 17.1. The lowest BCUT2D eigenvalue weighted by Gasteiger charge is -2.33. The molecule has 0 saturated carbocycles. The minimum Gasteiger partial charge on any atom is -0.462 e. The van der Waals surface area contributed by atoms with Crippen LogP contribution in [0.3, 0.4) is 0 Å². The number of fused-ring (bicyclic) bond motifs is 1. The Labute approximate surface area is 179 Å². The fraction of sp³-hybridized carbons (Fsp3) is 0.333. The van der Waals surface area contributed by atoms with Crippen LogP contribution in [0.5, 0.6) is 0 Å². The van der Waals surface area contributed by atoms with Gasteiger partial charge in [-0.3, -0.25) is 9.47 Å². The molecule has 2 heterocycles. The molecule has 1 aliphatic rings. The molecule has 0 bridgehead atoms. The van der Waals surface area contributed by atoms with Gasteiger partial charge in [-0.25, -0.2) is 18.0 Å². The maximum Gasteiger partial charge on any atom is 0.421 e. The van der Waals surface area contributed by atoms with Crippen molar-refractivity contribution in [3.05, 3.63) is 64.6 Å². The number of rotatable bonds is 6. The number of hydrogen-bond donors (Lipinski definition) is 0. The van der Waals surface area contributed by atoms with E-state index in [1.54, 1.807) is 23.6 Å². The minimum absolute atomic E-state index is 0.131. The van der Waals surface area contributed by atoms with Crippen LogP contribution in [0, 0.1) is 0 Å². The quantitative estimate of drug-likeness (QED) is 0.533. The molecular weight excluding hydrogens is 422 g/mol. The van der Waals surface area contributed by atoms with Gasteiger partial charge < -0.3 is 9.15 Å². The molecule has 4 rings (SSSR count). The number of nitrogens with zero attached hydrogens (tertiary/aromatic N) is 3. The Morgan fingerprint density at radius 2 is 1.71 bits per heavy atom. The summed E-state index contributed by atoms with van der Waals surface area (Å²) in [5.41, 5.74) is 1.55. The molecule has 31 heavy (non-hydrogen) atoms. The fourth-order valence-corrected chi connectivity index (χ4v) is 5.01. The number of piperazine rings is 1. The average molecular weight is 445 g/mol. The number of sulfonamides is 1. The van der Waals surface area contributed by atoms with Crippen LogP contribution in [-0.4, -0.2) is 60.9 Å². The molecule has 0 atom stereocenters. The van der Waals surface area contributed by atoms with E-state index in [-0.39, 0.29) is 11.5 Å². The maximum absolute atomic E-state index is 13.0. The van der Waals surface area contributed by atoms with E-state index in [2.05, 4.69) is 0 Å². The van der Waals surface area contributed by atoms with Gasteiger partial charge in [0.15, 0.2) is 5.58 Å². The predicted molar refractivity (Wildman–Crippen MR) is 113 cm³/mol. The predicted octanol–water partition coefficient (Wildman–Crippen LogP) is 1.74. The highest BCUT2D eigenvalue weighted by Gasteiger charge is 2.29. The lowest BCUT2D eigenvalue weighted by atomic mass is 10.2. The van der Waals surface area contributed by atoms with Crippen molar-refractivity contribution >= 4 is 27.1 Å². The molecule has 1 aromatic heterocycles. The van der Waals surface area contributed by atoms with E-state index in [4.69, 9.17) is 9.15 Å². The molecule has 0 amide bonds. The van der Waals surface area contributed by atoms with E-state index in [0.717, 1.165) is 0 Å². The summed E-state index contributed by atoms with van der Waals surface area (Å²) in [6.07, 6.45) is 0. The highest BCUT2D eigenvalue weighted by Crippen LogP contribution is 2.19. The van der Waals surface area contributed by atoms with E-state index < -0.39 is 21.7 Å². The average Bonchev–Trinajstić information content (AvgIpc) is 3.09. The Kier molecular flexibility index (Phi) is 5.94. The monoisotopic (exact) mass is 445 g/mol. The van der Waals surface area contributed by atoms with Crippen LogP contribution < -0.4 is 5.76 Å². The number of para-hydroxylation sites is 2. The minimum atomic E-state index is -3.68. The standard InChI is InChI=1S/C21H23N3O6S/c1-2-29-20(25)16-7-9-17(10-8-16)31(27,28)23-13-11-22(12-14-23)15-24-18-5-3-4-6-19(18)30-21(24)26/h3-10H,2,11-15H2,1H3. The van der Waals surface area contributed by atoms with Crippen LogP contribution >= 0.6 is 0 Å². The zero-order valence-corrected chi connectivity index (χ0v) is 17.9. The normalized spacial score (nSPS) is 15.9. The molecule has 164 valence electrons. The highest BCUT2D eigenvalue weighted by molar-refractivity contribution is 7.89. The van der Waals surface area contributed by atoms with Gasteiger partial charge in [-0.2, -0.15) is 4.31 Å². The molecule has 1 aliphatic heterocycles. The number of carbonyl (C=O) groups excluding carboxylic acids is 1. The van der Waals surface area contributed by atoms with E-state index in [9.17, 15) is 18.0 Å². The van der Waals surface area contributed by atoms with E-state index in [1.807, 2.05) is 17.0 Å². The zero-order chi connectivity index (χ0) is 22.0. The van der Waals surface area contributed by atoms with Gasteiger partial charge in [0.05, 0.1) is 29.3 Å². The molecule has 10 heteroatoms. The second-order valence-electron chi connectivity index (χ2n) is 7.17. The molecular formula is C21H23N3O6S. The van der Waals surface area contributed by atoms with Gasteiger partial charge in [-0.1, -0.05) is 12.1 Å². The third-order valence-electron chi connectivity index (χ3n) is 5.25. The van der Waals surface area contributed by atoms with Crippen molar-refractivity contribution in [3.8, 4) is 0 Å². The fourth-order valence-electron chi connectivity index (χ4n) is 3.59. The number of esters is 1. The van der Waals surface area contributed by atoms with Crippen LogP contribution in [0.4, 0.5) is 0 Å². The van der Waals surface area contributed by atoms with E-state index in [0.29, 0.717) is 49.5 Å². The van der Waals surface area contributed by atoms with Crippen molar-refractivity contribution in [2.24, 2.45) is 0 Å². The van der Waals surface area contributed by atoms with Gasteiger partial charge in [-0.15, -0.1) is 0 Å². The summed E-state index contributed by atoms with van der Waals surface area (Å²) in [4.78, 5) is 26.1. The first-order valence-corrected chi connectivity index (χ1v) is 11.4. The summed E-state index contributed by atoms with van der Waals surface area (Å²) >= 11 is 0. The van der Waals surface area contributed by atoms with Gasteiger partial charge in [0, 0.05) is 26.2 Å². The first kappa shape index (κ1) is 21.3. The number of oxazole rings is 1. The molecule has 0 aliphatic carbocycles. The molecule has 2 aromatic carbocycles. The first-order valence-electron chi connectivity index (χ1n) is 9.98. The number of aromatic nitrogens is 1. The molecule has 3 aromatic rings. The van der Waals surface area contributed by atoms with Crippen molar-refractivity contribution in [3.63, 3.8) is 0 Å². The Hall–Kier alpha value is -2.95. The topological polar surface area (TPSA) is 102 Å². The Balaban J connectivity index is 1.42. The Bertz CT molecular complexity index is 1240. The number of ether oxygens (including phenoxy) is 1. The molecule has 9 nitrogen and oxygen atoms in total. The summed E-state index contributed by atoms with van der Waals surface area (Å²) in [5, 5.41) is 0. The smallest absolute Gasteiger partial charge is 0.421 e. The van der Waals surface area contributed by atoms with Crippen LogP contribution in [0.25, 0.3) is 11.1 Å². The number of benzene rings is 2. The maximum atomic E-state index is 13.0. The van der Waals surface area contributed by atoms with Crippen LogP contribution in [-0.2, 0) is 21.4 Å². The highest BCUT2D eigenvalue weighted by atomic mass is 32.2. The van der Waals surface area contributed by atoms with Crippen LogP contribution in [0.2, 0.25) is 0 Å². The lowest BCUT2D eigenvalue weighted by Crippen LogP contribution is -2.49. The van der Waals surface area contributed by atoms with E-state index >= 15 is 0 Å². The molecule has 0 spiro atoms. The SMILES string of the molecule is CCOC(=O)c1ccc(S(=O)(=O)N2CCN(Cn3c(=O)oc4ccccc43)CC2)cc1. The van der Waals surface area contributed by atoms with Gasteiger partial charge in [0.1, 0.15) is 0 Å². The number of carbonyl (C=O) groups is 1. The van der Waals surface area contributed by atoms with Gasteiger partial charge in [0.2, 0.25) is 10.0 Å². The van der Waals surface area contributed by atoms with Crippen LogP contribution in [0.1, 0.15) is 17.3 Å². The van der Waals surface area contributed by atoms with Gasteiger partial charge >= 0.3 is 11.7 Å². The van der Waals surface area contributed by atoms with Gasteiger partial charge in [-0.05, 0) is 43.3 Å². The molecule has 1 fully saturated rings. The van der Waals surface area contributed by atoms with Crippen molar-refractivity contribution < 1.29 is 22.4 Å². The second-order valence-corrected chi connectivity index (χ2v) is 9.11. The summed E-state index contributed by atoms with van der Waals surface area (Å²) in [6.45, 7) is 3.85. The Morgan fingerprint density at radius 3 is 2.39 bits per heavy atom. The lowest BCUT2D eigenvalue weighted by molar-refractivity contribution is 0.0526. The second kappa shape index (κ2) is 8.66. The molecule has 0 N–H and O–H groups in total. The number of hydrogen-bond acceptors (Lipinski definition) is 7. The first-order chi connectivity index (χ1) is 14.9. The van der Waals surface area contributed by atoms with Gasteiger partial charge in [0.25, 0.3) is 0 Å². The third kappa shape index (κ3) is 4.27. The summed E-state index contributed by atoms with van der Waals surface area (Å²) in [6, 6.07) is 13.0. The Morgan fingerprint density at radius 1 is 1.03 bits per heavy atom. The van der Waals surface area contributed by atoms with Crippen molar-refractivity contribution in [1.82, 2.24) is 13.8 Å². The van der Waals surface area contributed by atoms with Crippen molar-refractivity contribution in [2.75, 3.05) is 32.8 Å². The molecule has 0 radical (unpaired) electrons. The summed E-state index contributed by atoms with van der Waals surface area (Å²) in [7, 11) is -3.68. The molecule has 0 unspecified atom stereocenters. The van der Waals surface area contributed by atoms with E-state index in [1.165, 1.54) is 28.6 Å². The van der Waals surface area contributed by atoms with Crippen molar-refractivity contribution in [1.29, 1.82) is 0 Å². The summed E-state index contributed by atoms with van der Waals surface area (Å²) in [5.74, 6) is -0.917. The summed E-state index contributed by atoms with van der Waals surface area (Å²) < 4.78 is 39.1. The molecule has 1 saturated heterocycles. The van der Waals surface area contributed by atoms with Crippen LogP contribution in [0.15, 0.2) is 62.6 Å².